The molecule has 7 heteroatoms. The molecule has 55 heavy (non-hydrogen) atoms. The van der Waals surface area contributed by atoms with E-state index >= 15 is 0 Å². The quantitative estimate of drug-likeness (QED) is 0.135. The Balaban J connectivity index is 1.20. The smallest absolute Gasteiger partial charge is 0.204 e. The number of nitrogens with zero attached hydrogens (tertiary/aromatic N) is 7. The molecule has 6 rings (SSSR count). The maximum absolute atomic E-state index is 8.96. The van der Waals surface area contributed by atoms with Crippen molar-refractivity contribution in [3.05, 3.63) is 130 Å². The highest BCUT2D eigenvalue weighted by molar-refractivity contribution is 6.50. The highest BCUT2D eigenvalue weighted by atomic mass is 15.6. The van der Waals surface area contributed by atoms with Crippen molar-refractivity contribution < 1.29 is 0 Å². The van der Waals surface area contributed by atoms with E-state index in [1.165, 1.54) is 38.9 Å². The minimum absolute atomic E-state index is 0.112. The van der Waals surface area contributed by atoms with E-state index in [4.69, 9.17) is 25.4 Å². The number of anilines is 1. The van der Waals surface area contributed by atoms with Crippen molar-refractivity contribution in [2.24, 2.45) is 20.9 Å². The summed E-state index contributed by atoms with van der Waals surface area (Å²) in [4.78, 5) is 13.7. The molecule has 0 radical (unpaired) electrons. The Morgan fingerprint density at radius 2 is 1.38 bits per heavy atom. The van der Waals surface area contributed by atoms with Crippen molar-refractivity contribution in [3.63, 3.8) is 0 Å². The number of fused-ring (bicyclic) bond motifs is 1. The molecule has 0 N–H and O–H groups in total. The Morgan fingerprint density at radius 1 is 0.764 bits per heavy atom. The van der Waals surface area contributed by atoms with Gasteiger partial charge < -0.3 is 4.90 Å². The van der Waals surface area contributed by atoms with Gasteiger partial charge in [-0.15, -0.1) is 9.89 Å². The third-order valence-electron chi connectivity index (χ3n) is 10.5. The number of hydrogen-bond donors (Lipinski definition) is 0. The fourth-order valence-electron chi connectivity index (χ4n) is 7.71. The van der Waals surface area contributed by atoms with Gasteiger partial charge in [-0.2, -0.15) is 10.4 Å². The Morgan fingerprint density at radius 3 is 2.02 bits per heavy atom. The molecule has 2 heterocycles. The summed E-state index contributed by atoms with van der Waals surface area (Å²) in [5.74, 6) is 1.27. The summed E-state index contributed by atoms with van der Waals surface area (Å²) in [6.45, 7) is 23.3. The predicted octanol–water partition coefficient (Wildman–Crippen LogP) is 11.2. The van der Waals surface area contributed by atoms with E-state index in [2.05, 4.69) is 141 Å². The van der Waals surface area contributed by atoms with Gasteiger partial charge >= 0.3 is 0 Å². The van der Waals surface area contributed by atoms with Crippen LogP contribution in [0, 0.1) is 36.0 Å². The largest absolute Gasteiger partial charge is 0.374 e. The molecule has 0 amide bonds. The molecule has 0 aliphatic carbocycles. The zero-order valence-corrected chi connectivity index (χ0v) is 34.7. The molecule has 0 saturated heterocycles. The van der Waals surface area contributed by atoms with Gasteiger partial charge in [-0.25, -0.2) is 9.98 Å². The van der Waals surface area contributed by atoms with Gasteiger partial charge in [-0.1, -0.05) is 116 Å². The normalized spacial score (nSPS) is 13.9. The van der Waals surface area contributed by atoms with E-state index in [0.717, 1.165) is 47.6 Å². The first-order valence-electron chi connectivity index (χ1n) is 19.5. The Labute approximate surface area is 328 Å². The summed E-state index contributed by atoms with van der Waals surface area (Å²) in [5.41, 5.74) is 13.9. The number of aliphatic imine (C=N–C) groups is 1. The SMILES string of the molecule is Cc1ccc(Cc2cc(C(C)(C)CC(C)(C)C)ccc2C)cc1Cc1ccc(-c2nc3n(n2)N=C(C(C)(C)C)C3=Nc2ccc(N(C)CCC#N)cc2)cc1. The van der Waals surface area contributed by atoms with Crippen LogP contribution in [0.5, 0.6) is 0 Å². The van der Waals surface area contributed by atoms with Crippen molar-refractivity contribution in [2.45, 2.75) is 100 Å². The molecule has 1 aliphatic rings. The van der Waals surface area contributed by atoms with Gasteiger partial charge in [0.2, 0.25) is 5.82 Å². The number of rotatable bonds is 11. The fourth-order valence-corrected chi connectivity index (χ4v) is 7.71. The van der Waals surface area contributed by atoms with Crippen molar-refractivity contribution in [2.75, 3.05) is 18.5 Å². The second-order valence-corrected chi connectivity index (χ2v) is 18.2. The Bertz CT molecular complexity index is 2270. The molecule has 0 atom stereocenters. The van der Waals surface area contributed by atoms with E-state index in [-0.39, 0.29) is 16.2 Å². The topological polar surface area (TPSA) is 82.5 Å². The summed E-state index contributed by atoms with van der Waals surface area (Å²) in [7, 11) is 1.99. The Hall–Kier alpha value is -5.35. The van der Waals surface area contributed by atoms with Gasteiger partial charge in [0.1, 0.15) is 5.71 Å². The summed E-state index contributed by atoms with van der Waals surface area (Å²) in [6.07, 6.45) is 3.39. The first kappa shape index (κ1) is 39.3. The van der Waals surface area contributed by atoms with Crippen LogP contribution in [0.2, 0.25) is 0 Å². The number of aromatic nitrogens is 3. The predicted molar refractivity (Wildman–Crippen MR) is 229 cm³/mol. The summed E-state index contributed by atoms with van der Waals surface area (Å²) >= 11 is 0. The van der Waals surface area contributed by atoms with Gasteiger partial charge in [0.05, 0.1) is 23.9 Å². The van der Waals surface area contributed by atoms with Crippen LogP contribution in [-0.4, -0.2) is 39.9 Å². The second-order valence-electron chi connectivity index (χ2n) is 18.2. The zero-order chi connectivity index (χ0) is 39.7. The third kappa shape index (κ3) is 9.31. The van der Waals surface area contributed by atoms with Gasteiger partial charge in [-0.3, -0.25) is 0 Å². The van der Waals surface area contributed by atoms with Crippen LogP contribution in [0.15, 0.2) is 95.0 Å². The van der Waals surface area contributed by atoms with Gasteiger partial charge in [0, 0.05) is 30.3 Å². The Kier molecular flexibility index (Phi) is 11.0. The third-order valence-corrected chi connectivity index (χ3v) is 10.5. The maximum atomic E-state index is 8.96. The molecule has 284 valence electrons. The highest BCUT2D eigenvalue weighted by Crippen LogP contribution is 2.37. The molecule has 0 spiro atoms. The minimum atomic E-state index is -0.248. The van der Waals surface area contributed by atoms with Gasteiger partial charge in [-0.05, 0) is 107 Å². The number of aryl methyl sites for hydroxylation is 2. The van der Waals surface area contributed by atoms with Crippen LogP contribution in [0.1, 0.15) is 113 Å². The van der Waals surface area contributed by atoms with E-state index in [1.54, 1.807) is 4.79 Å². The first-order valence-corrected chi connectivity index (χ1v) is 19.5. The summed E-state index contributed by atoms with van der Waals surface area (Å²) in [5, 5.41) is 18.6. The summed E-state index contributed by atoms with van der Waals surface area (Å²) in [6, 6.07) is 32.9. The molecule has 0 unspecified atom stereocenters. The molecule has 1 aromatic heterocycles. The molecule has 0 saturated carbocycles. The van der Waals surface area contributed by atoms with Crippen LogP contribution >= 0.6 is 0 Å². The van der Waals surface area contributed by atoms with Crippen LogP contribution in [0.4, 0.5) is 11.4 Å². The average molecular weight is 732 g/mol. The molecule has 1 aliphatic heterocycles. The average Bonchev–Trinajstić information content (AvgIpc) is 3.68. The maximum Gasteiger partial charge on any atom is 0.204 e. The van der Waals surface area contributed by atoms with Crippen LogP contribution in [-0.2, 0) is 18.3 Å². The van der Waals surface area contributed by atoms with Crippen molar-refractivity contribution in [1.82, 2.24) is 14.9 Å². The van der Waals surface area contributed by atoms with Crippen molar-refractivity contribution >= 4 is 22.8 Å². The van der Waals surface area contributed by atoms with Crippen LogP contribution in [0.25, 0.3) is 11.4 Å². The van der Waals surface area contributed by atoms with E-state index in [0.29, 0.717) is 24.6 Å². The highest BCUT2D eigenvalue weighted by Gasteiger charge is 2.35. The van der Waals surface area contributed by atoms with Crippen molar-refractivity contribution in [1.29, 1.82) is 5.26 Å². The molecule has 4 aromatic carbocycles. The second kappa shape index (κ2) is 15.4. The van der Waals surface area contributed by atoms with Gasteiger partial charge in [0.25, 0.3) is 0 Å². The first-order chi connectivity index (χ1) is 25.9. The number of hydrogen-bond acceptors (Lipinski definition) is 6. The molecule has 0 bridgehead atoms. The molecular weight excluding hydrogens is 675 g/mol. The van der Waals surface area contributed by atoms with Gasteiger partial charge in [0.15, 0.2) is 5.82 Å². The summed E-state index contributed by atoms with van der Waals surface area (Å²) < 4.78 is 0. The van der Waals surface area contributed by atoms with Crippen LogP contribution < -0.4 is 4.90 Å². The standard InChI is InChI=1S/C48H57N7/c1-32-13-15-35(29-38-30-39(20-14-33(38)2)48(9,10)31-46(3,4)5)28-37(32)27-34-16-18-36(19-17-34)44-51-45-42(43(47(6,7)8)52-55(45)53-44)50-40-21-23-41(24-22-40)54(11)26-12-25-49/h13-24,28,30H,12,26-27,29,31H2,1-11H3. The zero-order valence-electron chi connectivity index (χ0n) is 34.7. The lowest BCUT2D eigenvalue weighted by molar-refractivity contribution is 0.284. The lowest BCUT2D eigenvalue weighted by Gasteiger charge is -2.33. The fraction of sp³-hybridized carbons (Fsp3) is 0.396. The van der Waals surface area contributed by atoms with Crippen LogP contribution in [0.3, 0.4) is 0 Å². The molecule has 7 nitrogen and oxygen atoms in total. The number of nitriles is 1. The van der Waals surface area contributed by atoms with Crippen molar-refractivity contribution in [3.8, 4) is 17.5 Å². The molecule has 0 fully saturated rings. The van der Waals surface area contributed by atoms with E-state index < -0.39 is 0 Å². The lowest BCUT2D eigenvalue weighted by Crippen LogP contribution is -2.27. The van der Waals surface area contributed by atoms with E-state index in [9.17, 15) is 0 Å². The van der Waals surface area contributed by atoms with E-state index in [1.807, 2.05) is 31.3 Å². The lowest BCUT2D eigenvalue weighted by atomic mass is 9.72. The monoisotopic (exact) mass is 731 g/mol. The molecule has 5 aromatic rings. The molecular formula is C48H57N7. The minimum Gasteiger partial charge on any atom is -0.374 e. The number of benzene rings is 4.